The molecular formula is C15H15N3O. The third-order valence-electron chi connectivity index (χ3n) is 2.64. The zero-order chi connectivity index (χ0) is 13.5. The zero-order valence-electron chi connectivity index (χ0n) is 10.8. The van der Waals surface area contributed by atoms with Gasteiger partial charge in [-0.15, -0.1) is 0 Å². The van der Waals surface area contributed by atoms with Crippen LogP contribution in [0.5, 0.6) is 0 Å². The minimum Gasteiger partial charge on any atom is -0.341 e. The molecule has 1 heterocycles. The van der Waals surface area contributed by atoms with E-state index in [0.29, 0.717) is 6.54 Å². The van der Waals surface area contributed by atoms with Gasteiger partial charge in [-0.3, -0.25) is 4.79 Å². The lowest BCUT2D eigenvalue weighted by molar-refractivity contribution is -0.115. The van der Waals surface area contributed by atoms with Gasteiger partial charge in [-0.05, 0) is 24.0 Å². The van der Waals surface area contributed by atoms with E-state index in [1.165, 1.54) is 5.56 Å². The average Bonchev–Trinajstić information content (AvgIpc) is 2.91. The van der Waals surface area contributed by atoms with E-state index in [1.807, 2.05) is 35.0 Å². The summed E-state index contributed by atoms with van der Waals surface area (Å²) in [4.78, 5) is 15.2. The molecule has 0 spiro atoms. The first-order valence-electron chi connectivity index (χ1n) is 6.02. The van der Waals surface area contributed by atoms with Crippen molar-refractivity contribution in [3.8, 4) is 11.8 Å². The fraction of sp³-hybridized carbons (Fsp3) is 0.200. The standard InChI is InChI=1S/C15H15N3O/c1-2-3-15(19)17-10-13-4-6-14(7-5-13)11-18-9-8-16-12-18/h4-9,12H,10-11H2,1H3,(H,17,19). The van der Waals surface area contributed by atoms with Crippen molar-refractivity contribution in [1.82, 2.24) is 14.9 Å². The third kappa shape index (κ3) is 4.00. The van der Waals surface area contributed by atoms with E-state index in [-0.39, 0.29) is 5.91 Å². The van der Waals surface area contributed by atoms with Gasteiger partial charge in [0.1, 0.15) is 0 Å². The smallest absolute Gasteiger partial charge is 0.296 e. The molecule has 1 amide bonds. The molecule has 0 radical (unpaired) electrons. The Morgan fingerprint density at radius 1 is 1.32 bits per heavy atom. The van der Waals surface area contributed by atoms with Crippen molar-refractivity contribution in [1.29, 1.82) is 0 Å². The summed E-state index contributed by atoms with van der Waals surface area (Å²) in [6.45, 7) is 2.94. The van der Waals surface area contributed by atoms with Crippen molar-refractivity contribution >= 4 is 5.91 Å². The van der Waals surface area contributed by atoms with Crippen LogP contribution in [-0.2, 0) is 17.9 Å². The van der Waals surface area contributed by atoms with Crippen LogP contribution in [-0.4, -0.2) is 15.5 Å². The van der Waals surface area contributed by atoms with E-state index in [0.717, 1.165) is 12.1 Å². The minimum atomic E-state index is -0.245. The van der Waals surface area contributed by atoms with E-state index in [2.05, 4.69) is 22.1 Å². The van der Waals surface area contributed by atoms with Gasteiger partial charge in [0.2, 0.25) is 0 Å². The van der Waals surface area contributed by atoms with Crippen LogP contribution in [0.4, 0.5) is 0 Å². The van der Waals surface area contributed by atoms with Crippen LogP contribution in [0.2, 0.25) is 0 Å². The van der Waals surface area contributed by atoms with Crippen molar-refractivity contribution in [2.45, 2.75) is 20.0 Å². The first-order chi connectivity index (χ1) is 9.28. The van der Waals surface area contributed by atoms with Gasteiger partial charge in [0.25, 0.3) is 5.91 Å². The van der Waals surface area contributed by atoms with Gasteiger partial charge in [-0.25, -0.2) is 4.98 Å². The van der Waals surface area contributed by atoms with E-state index in [1.54, 1.807) is 19.4 Å². The average molecular weight is 253 g/mol. The summed E-state index contributed by atoms with van der Waals surface area (Å²) in [5.74, 6) is 4.77. The normalized spacial score (nSPS) is 9.53. The fourth-order valence-corrected chi connectivity index (χ4v) is 1.69. The lowest BCUT2D eigenvalue weighted by atomic mass is 10.1. The Balaban J connectivity index is 1.90. The molecule has 0 saturated heterocycles. The molecule has 1 N–H and O–H groups in total. The molecule has 96 valence electrons. The number of amides is 1. The largest absolute Gasteiger partial charge is 0.341 e. The van der Waals surface area contributed by atoms with E-state index in [9.17, 15) is 4.79 Å². The number of carbonyl (C=O) groups is 1. The van der Waals surface area contributed by atoms with Gasteiger partial charge >= 0.3 is 0 Å². The fourth-order valence-electron chi connectivity index (χ4n) is 1.69. The molecule has 1 aromatic heterocycles. The second-order valence-electron chi connectivity index (χ2n) is 4.11. The SMILES string of the molecule is CC#CC(=O)NCc1ccc(Cn2ccnc2)cc1. The second kappa shape index (κ2) is 6.41. The summed E-state index contributed by atoms with van der Waals surface area (Å²) in [6, 6.07) is 8.11. The third-order valence-corrected chi connectivity index (χ3v) is 2.64. The molecule has 2 rings (SSSR count). The predicted molar refractivity (Wildman–Crippen MR) is 73.1 cm³/mol. The van der Waals surface area contributed by atoms with E-state index in [4.69, 9.17) is 0 Å². The maximum Gasteiger partial charge on any atom is 0.296 e. The molecule has 2 aromatic rings. The molecule has 4 nitrogen and oxygen atoms in total. The monoisotopic (exact) mass is 253 g/mol. The summed E-state index contributed by atoms with van der Waals surface area (Å²) in [5, 5.41) is 2.74. The Labute approximate surface area is 112 Å². The predicted octanol–water partition coefficient (Wildman–Crippen LogP) is 1.57. The maximum absolute atomic E-state index is 11.2. The van der Waals surface area contributed by atoms with E-state index >= 15 is 0 Å². The van der Waals surface area contributed by atoms with Gasteiger partial charge in [-0.2, -0.15) is 0 Å². The van der Waals surface area contributed by atoms with E-state index < -0.39 is 0 Å². The lowest BCUT2D eigenvalue weighted by Gasteiger charge is -2.05. The maximum atomic E-state index is 11.2. The van der Waals surface area contributed by atoms with Crippen molar-refractivity contribution in [2.24, 2.45) is 0 Å². The minimum absolute atomic E-state index is 0.245. The number of hydrogen-bond acceptors (Lipinski definition) is 2. The molecule has 0 atom stereocenters. The number of nitrogens with zero attached hydrogens (tertiary/aromatic N) is 2. The van der Waals surface area contributed by atoms with Crippen LogP contribution >= 0.6 is 0 Å². The highest BCUT2D eigenvalue weighted by Crippen LogP contribution is 2.06. The molecule has 0 unspecified atom stereocenters. The highest BCUT2D eigenvalue weighted by Gasteiger charge is 1.98. The molecule has 1 aromatic carbocycles. The highest BCUT2D eigenvalue weighted by molar-refractivity contribution is 5.93. The zero-order valence-corrected chi connectivity index (χ0v) is 10.8. The quantitative estimate of drug-likeness (QED) is 0.841. The number of rotatable bonds is 4. The Kier molecular flexibility index (Phi) is 4.35. The van der Waals surface area contributed by atoms with Crippen LogP contribution in [0.3, 0.4) is 0 Å². The first-order valence-corrected chi connectivity index (χ1v) is 6.02. The molecule has 0 aliphatic carbocycles. The number of imidazole rings is 1. The summed E-state index contributed by atoms with van der Waals surface area (Å²) in [6.07, 6.45) is 5.48. The van der Waals surface area contributed by atoms with Crippen LogP contribution in [0.15, 0.2) is 43.0 Å². The molecule has 0 aliphatic rings. The molecule has 19 heavy (non-hydrogen) atoms. The summed E-state index contributed by atoms with van der Waals surface area (Å²) in [7, 11) is 0. The first kappa shape index (κ1) is 12.9. The Morgan fingerprint density at radius 2 is 2.05 bits per heavy atom. The molecule has 0 saturated carbocycles. The van der Waals surface area contributed by atoms with Crippen LogP contribution in [0.1, 0.15) is 18.1 Å². The van der Waals surface area contributed by atoms with Crippen LogP contribution < -0.4 is 5.32 Å². The number of carbonyl (C=O) groups excluding carboxylic acids is 1. The van der Waals surface area contributed by atoms with Gasteiger partial charge in [0, 0.05) is 25.5 Å². The number of benzene rings is 1. The summed E-state index contributed by atoms with van der Waals surface area (Å²) in [5.41, 5.74) is 2.25. The highest BCUT2D eigenvalue weighted by atomic mass is 16.1. The summed E-state index contributed by atoms with van der Waals surface area (Å²) >= 11 is 0. The summed E-state index contributed by atoms with van der Waals surface area (Å²) < 4.78 is 2.01. The van der Waals surface area contributed by atoms with Gasteiger partial charge in [0.15, 0.2) is 0 Å². The molecule has 4 heteroatoms. The number of hydrogen-bond donors (Lipinski definition) is 1. The number of nitrogens with one attached hydrogen (secondary N) is 1. The Bertz CT molecular complexity index is 589. The number of aromatic nitrogens is 2. The van der Waals surface area contributed by atoms with Gasteiger partial charge in [-0.1, -0.05) is 30.2 Å². The van der Waals surface area contributed by atoms with Crippen molar-refractivity contribution < 1.29 is 4.79 Å². The Hall–Kier alpha value is -2.54. The van der Waals surface area contributed by atoms with Crippen molar-refractivity contribution in [3.63, 3.8) is 0 Å². The molecule has 0 fully saturated rings. The molecule has 0 aliphatic heterocycles. The topological polar surface area (TPSA) is 46.9 Å². The van der Waals surface area contributed by atoms with Crippen LogP contribution in [0.25, 0.3) is 0 Å². The lowest BCUT2D eigenvalue weighted by Crippen LogP contribution is -2.20. The second-order valence-corrected chi connectivity index (χ2v) is 4.11. The van der Waals surface area contributed by atoms with Crippen LogP contribution in [0, 0.1) is 11.8 Å². The van der Waals surface area contributed by atoms with Crippen molar-refractivity contribution in [3.05, 3.63) is 54.1 Å². The molecule has 0 bridgehead atoms. The van der Waals surface area contributed by atoms with Gasteiger partial charge < -0.3 is 9.88 Å². The Morgan fingerprint density at radius 3 is 2.68 bits per heavy atom. The van der Waals surface area contributed by atoms with Gasteiger partial charge in [0.05, 0.1) is 6.33 Å². The molecular weight excluding hydrogens is 238 g/mol. The van der Waals surface area contributed by atoms with Crippen molar-refractivity contribution in [2.75, 3.05) is 0 Å².